The number of thioether (sulfide) groups is 1. The van der Waals surface area contributed by atoms with Gasteiger partial charge in [0.2, 0.25) is 11.7 Å². The van der Waals surface area contributed by atoms with E-state index in [4.69, 9.17) is 21.1 Å². The molecule has 0 bridgehead atoms. The molecule has 1 aliphatic rings. The molecule has 35 heavy (non-hydrogen) atoms. The molecule has 3 aromatic carbocycles. The van der Waals surface area contributed by atoms with Crippen LogP contribution in [0.4, 0.5) is 17.1 Å². The SMILES string of the molecule is CCOc1cc([C@H]2SCC(=O)N2c2ccc(Cl)cc2)ccc1Oc1ccc([N+](=O)[O-])cc1[N+](=O)[O-]. The zero-order valence-corrected chi connectivity index (χ0v) is 19.8. The van der Waals surface area contributed by atoms with Gasteiger partial charge in [-0.3, -0.25) is 29.9 Å². The zero-order chi connectivity index (χ0) is 25.1. The van der Waals surface area contributed by atoms with Gasteiger partial charge in [-0.25, -0.2) is 0 Å². The van der Waals surface area contributed by atoms with Gasteiger partial charge in [0.05, 0.1) is 28.3 Å². The number of amides is 1. The van der Waals surface area contributed by atoms with E-state index >= 15 is 0 Å². The van der Waals surface area contributed by atoms with Crippen LogP contribution in [0.5, 0.6) is 17.2 Å². The van der Waals surface area contributed by atoms with Crippen LogP contribution in [0.3, 0.4) is 0 Å². The van der Waals surface area contributed by atoms with Gasteiger partial charge in [-0.15, -0.1) is 11.8 Å². The Morgan fingerprint density at radius 1 is 1.00 bits per heavy atom. The summed E-state index contributed by atoms with van der Waals surface area (Å²) in [6.45, 7) is 2.07. The highest BCUT2D eigenvalue weighted by Gasteiger charge is 2.34. The van der Waals surface area contributed by atoms with Crippen molar-refractivity contribution in [3.63, 3.8) is 0 Å². The molecule has 0 radical (unpaired) electrons. The number of carbonyl (C=O) groups excluding carboxylic acids is 1. The summed E-state index contributed by atoms with van der Waals surface area (Å²) >= 11 is 7.44. The van der Waals surface area contributed by atoms with Crippen LogP contribution in [-0.2, 0) is 4.79 Å². The average molecular weight is 516 g/mol. The summed E-state index contributed by atoms with van der Waals surface area (Å²) in [5.41, 5.74) is 0.505. The standard InChI is InChI=1S/C23H18ClN3O7S/c1-2-33-21-11-14(23-25(22(28)13-35-23)16-6-4-15(24)5-7-16)3-9-20(21)34-19-10-8-17(26(29)30)12-18(19)27(31)32/h3-12,23H,2,13H2,1H3/t23-/m1/s1. The van der Waals surface area contributed by atoms with E-state index in [1.54, 1.807) is 54.3 Å². The van der Waals surface area contributed by atoms with Crippen molar-refractivity contribution in [1.29, 1.82) is 0 Å². The molecule has 1 amide bonds. The van der Waals surface area contributed by atoms with Crippen molar-refractivity contribution in [2.45, 2.75) is 12.3 Å². The molecule has 3 aromatic rings. The number of halogens is 1. The first kappa shape index (κ1) is 24.3. The maximum absolute atomic E-state index is 12.6. The number of nitro groups is 2. The summed E-state index contributed by atoms with van der Waals surface area (Å²) in [5, 5.41) is 22.7. The Morgan fingerprint density at radius 3 is 2.37 bits per heavy atom. The van der Waals surface area contributed by atoms with E-state index in [1.165, 1.54) is 17.8 Å². The van der Waals surface area contributed by atoms with Gasteiger partial charge in [0.1, 0.15) is 5.37 Å². The van der Waals surface area contributed by atoms with Crippen LogP contribution in [0.25, 0.3) is 0 Å². The molecule has 10 nitrogen and oxygen atoms in total. The van der Waals surface area contributed by atoms with Gasteiger partial charge in [-0.2, -0.15) is 0 Å². The Labute approximate surface area is 208 Å². The van der Waals surface area contributed by atoms with Gasteiger partial charge in [-0.05, 0) is 55.0 Å². The van der Waals surface area contributed by atoms with Crippen molar-refractivity contribution in [3.8, 4) is 17.2 Å². The second-order valence-electron chi connectivity index (χ2n) is 7.31. The van der Waals surface area contributed by atoms with Gasteiger partial charge in [0, 0.05) is 16.8 Å². The molecule has 1 aliphatic heterocycles. The van der Waals surface area contributed by atoms with Crippen LogP contribution in [0.2, 0.25) is 5.02 Å². The number of nitro benzene ring substituents is 2. The van der Waals surface area contributed by atoms with Gasteiger partial charge in [0.25, 0.3) is 5.69 Å². The summed E-state index contributed by atoms with van der Waals surface area (Å²) in [6, 6.07) is 15.2. The lowest BCUT2D eigenvalue weighted by atomic mass is 10.1. The molecule has 1 heterocycles. The molecule has 0 saturated carbocycles. The highest BCUT2D eigenvalue weighted by molar-refractivity contribution is 8.00. The van der Waals surface area contributed by atoms with Crippen molar-refractivity contribution in [2.75, 3.05) is 17.3 Å². The number of hydrogen-bond donors (Lipinski definition) is 0. The number of benzene rings is 3. The molecule has 1 atom stereocenters. The van der Waals surface area contributed by atoms with E-state index in [2.05, 4.69) is 0 Å². The Kier molecular flexibility index (Phi) is 7.08. The largest absolute Gasteiger partial charge is 0.490 e. The first-order chi connectivity index (χ1) is 16.8. The normalized spacial score (nSPS) is 15.2. The van der Waals surface area contributed by atoms with Crippen molar-refractivity contribution in [1.82, 2.24) is 0 Å². The molecular formula is C23H18ClN3O7S. The predicted octanol–water partition coefficient (Wildman–Crippen LogP) is 6.13. The van der Waals surface area contributed by atoms with E-state index < -0.39 is 21.2 Å². The van der Waals surface area contributed by atoms with E-state index in [1.807, 2.05) is 0 Å². The number of ether oxygens (including phenoxy) is 2. The molecule has 12 heteroatoms. The van der Waals surface area contributed by atoms with Crippen LogP contribution in [0, 0.1) is 20.2 Å². The van der Waals surface area contributed by atoms with Gasteiger partial charge >= 0.3 is 5.69 Å². The van der Waals surface area contributed by atoms with Gasteiger partial charge in [0.15, 0.2) is 11.5 Å². The molecule has 0 spiro atoms. The second-order valence-corrected chi connectivity index (χ2v) is 8.82. The summed E-state index contributed by atoms with van der Waals surface area (Å²) < 4.78 is 11.5. The minimum atomic E-state index is -0.748. The lowest BCUT2D eigenvalue weighted by Crippen LogP contribution is -2.27. The van der Waals surface area contributed by atoms with Crippen molar-refractivity contribution >= 4 is 46.3 Å². The second kappa shape index (κ2) is 10.2. The fourth-order valence-corrected chi connectivity index (χ4v) is 4.84. The van der Waals surface area contributed by atoms with Gasteiger partial charge < -0.3 is 9.47 Å². The molecule has 0 aliphatic carbocycles. The monoisotopic (exact) mass is 515 g/mol. The number of hydrogen-bond acceptors (Lipinski definition) is 8. The lowest BCUT2D eigenvalue weighted by molar-refractivity contribution is -0.394. The van der Waals surface area contributed by atoms with Crippen LogP contribution < -0.4 is 14.4 Å². The van der Waals surface area contributed by atoms with Crippen molar-refractivity contribution in [3.05, 3.63) is 91.5 Å². The number of nitrogens with zero attached hydrogens (tertiary/aromatic N) is 3. The summed E-state index contributed by atoms with van der Waals surface area (Å²) in [4.78, 5) is 35.3. The maximum Gasteiger partial charge on any atom is 0.318 e. The lowest BCUT2D eigenvalue weighted by Gasteiger charge is -2.25. The Morgan fingerprint density at radius 2 is 1.71 bits per heavy atom. The third-order valence-corrected chi connectivity index (χ3v) is 6.56. The van der Waals surface area contributed by atoms with Gasteiger partial charge in [-0.1, -0.05) is 17.7 Å². The maximum atomic E-state index is 12.6. The number of anilines is 1. The zero-order valence-electron chi connectivity index (χ0n) is 18.3. The van der Waals surface area contributed by atoms with E-state index in [0.717, 1.165) is 17.7 Å². The molecule has 180 valence electrons. The van der Waals surface area contributed by atoms with Crippen LogP contribution >= 0.6 is 23.4 Å². The summed E-state index contributed by atoms with van der Waals surface area (Å²) in [7, 11) is 0. The third kappa shape index (κ3) is 5.15. The fourth-order valence-electron chi connectivity index (χ4n) is 3.55. The molecule has 0 aromatic heterocycles. The minimum Gasteiger partial charge on any atom is -0.490 e. The molecule has 0 N–H and O–H groups in total. The van der Waals surface area contributed by atoms with E-state index in [-0.39, 0.29) is 22.8 Å². The van der Waals surface area contributed by atoms with E-state index in [9.17, 15) is 25.0 Å². The molecular weight excluding hydrogens is 498 g/mol. The smallest absolute Gasteiger partial charge is 0.318 e. The number of non-ortho nitro benzene ring substituents is 1. The topological polar surface area (TPSA) is 125 Å². The Balaban J connectivity index is 1.68. The summed E-state index contributed by atoms with van der Waals surface area (Å²) in [5.74, 6) is 0.586. The molecule has 0 unspecified atom stereocenters. The Hall–Kier alpha value is -3.83. The fraction of sp³-hybridized carbons (Fsp3) is 0.174. The van der Waals surface area contributed by atoms with Crippen LogP contribution in [0.1, 0.15) is 17.9 Å². The molecule has 1 saturated heterocycles. The highest BCUT2D eigenvalue weighted by Crippen LogP contribution is 2.45. The Bertz CT molecular complexity index is 1300. The molecule has 1 fully saturated rings. The van der Waals surface area contributed by atoms with Crippen molar-refractivity contribution in [2.24, 2.45) is 0 Å². The molecule has 4 rings (SSSR count). The van der Waals surface area contributed by atoms with Crippen LogP contribution in [0.15, 0.2) is 60.7 Å². The summed E-state index contributed by atoms with van der Waals surface area (Å²) in [6.07, 6.45) is 0. The highest BCUT2D eigenvalue weighted by atomic mass is 35.5. The third-order valence-electron chi connectivity index (χ3n) is 5.10. The van der Waals surface area contributed by atoms with Crippen molar-refractivity contribution < 1.29 is 24.1 Å². The number of rotatable bonds is 8. The van der Waals surface area contributed by atoms with E-state index in [0.29, 0.717) is 28.8 Å². The average Bonchev–Trinajstić information content (AvgIpc) is 3.22. The predicted molar refractivity (Wildman–Crippen MR) is 132 cm³/mol. The number of carbonyl (C=O) groups is 1. The minimum absolute atomic E-state index is 0.0536. The first-order valence-electron chi connectivity index (χ1n) is 10.3. The van der Waals surface area contributed by atoms with Crippen LogP contribution in [-0.4, -0.2) is 28.1 Å². The first-order valence-corrected chi connectivity index (χ1v) is 11.8. The quantitative estimate of drug-likeness (QED) is 0.259.